The lowest BCUT2D eigenvalue weighted by Gasteiger charge is -2.19. The van der Waals surface area contributed by atoms with Gasteiger partial charge in [0.2, 0.25) is 0 Å². The molecule has 1 N–H and O–H groups in total. The van der Waals surface area contributed by atoms with Crippen LogP contribution in [-0.4, -0.2) is 25.9 Å². The van der Waals surface area contributed by atoms with E-state index in [2.05, 4.69) is 5.32 Å². The number of carbonyl (C=O) groups excluding carboxylic acids is 2. The number of allylic oxidation sites excluding steroid dienone is 1. The number of carbonyl (C=O) groups is 2. The number of ether oxygens (including phenoxy) is 2. The molecule has 0 atom stereocenters. The smallest absolute Gasteiger partial charge is 0.262 e. The molecule has 6 heteroatoms. The predicted octanol–water partition coefficient (Wildman–Crippen LogP) is 3.51. The van der Waals surface area contributed by atoms with Crippen LogP contribution in [0.5, 0.6) is 11.5 Å². The highest BCUT2D eigenvalue weighted by molar-refractivity contribution is 8.04. The average Bonchev–Trinajstić information content (AvgIpc) is 2.62. The van der Waals surface area contributed by atoms with Gasteiger partial charge in [0.1, 0.15) is 11.5 Å². The summed E-state index contributed by atoms with van der Waals surface area (Å²) in [6.07, 6.45) is 1.35. The largest absolute Gasteiger partial charge is 0.497 e. The van der Waals surface area contributed by atoms with Gasteiger partial charge in [-0.3, -0.25) is 9.59 Å². The van der Waals surface area contributed by atoms with Crippen molar-refractivity contribution in [3.63, 3.8) is 0 Å². The van der Waals surface area contributed by atoms with Crippen molar-refractivity contribution in [2.45, 2.75) is 4.90 Å². The van der Waals surface area contributed by atoms with E-state index in [1.165, 1.54) is 17.8 Å². The molecule has 0 radical (unpaired) electrons. The second kappa shape index (κ2) is 6.80. The maximum absolute atomic E-state index is 12.4. The van der Waals surface area contributed by atoms with Gasteiger partial charge in [0, 0.05) is 16.5 Å². The molecule has 3 rings (SSSR count). The highest BCUT2D eigenvalue weighted by atomic mass is 32.2. The Hall–Kier alpha value is -2.73. The van der Waals surface area contributed by atoms with Gasteiger partial charge in [0.05, 0.1) is 24.8 Å². The first-order valence-corrected chi connectivity index (χ1v) is 7.99. The van der Waals surface area contributed by atoms with Crippen LogP contribution in [0.1, 0.15) is 10.4 Å². The molecule has 0 aliphatic carbocycles. The number of fused-ring (bicyclic) bond motifs is 1. The maximum atomic E-state index is 12.4. The van der Waals surface area contributed by atoms with Gasteiger partial charge in [0.25, 0.3) is 5.91 Å². The number of hydrogen-bond acceptors (Lipinski definition) is 5. The first kappa shape index (κ1) is 16.1. The maximum Gasteiger partial charge on any atom is 0.262 e. The number of hydrogen-bond donors (Lipinski definition) is 1. The minimum atomic E-state index is -0.292. The van der Waals surface area contributed by atoms with Gasteiger partial charge in [-0.05, 0) is 42.5 Å². The van der Waals surface area contributed by atoms with Crippen LogP contribution >= 0.6 is 11.8 Å². The Morgan fingerprint density at radius 2 is 1.71 bits per heavy atom. The molecule has 5 nitrogen and oxygen atoms in total. The zero-order valence-electron chi connectivity index (χ0n) is 13.2. The van der Waals surface area contributed by atoms with Gasteiger partial charge < -0.3 is 14.8 Å². The summed E-state index contributed by atoms with van der Waals surface area (Å²) in [6, 6.07) is 12.1. The molecule has 2 aromatic carbocycles. The van der Waals surface area contributed by atoms with E-state index in [0.29, 0.717) is 27.7 Å². The van der Waals surface area contributed by atoms with Crippen molar-refractivity contribution in [2.24, 2.45) is 0 Å². The van der Waals surface area contributed by atoms with E-state index in [1.54, 1.807) is 50.6 Å². The summed E-state index contributed by atoms with van der Waals surface area (Å²) in [5, 5.41) is 2.78. The minimum absolute atomic E-state index is 0.235. The van der Waals surface area contributed by atoms with Gasteiger partial charge in [-0.2, -0.15) is 0 Å². The summed E-state index contributed by atoms with van der Waals surface area (Å²) in [7, 11) is 3.14. The summed E-state index contributed by atoms with van der Waals surface area (Å²) < 4.78 is 10.3. The second-order valence-corrected chi connectivity index (χ2v) is 6.10. The van der Waals surface area contributed by atoms with Crippen molar-refractivity contribution < 1.29 is 19.1 Å². The van der Waals surface area contributed by atoms with E-state index in [0.717, 1.165) is 4.90 Å². The molecule has 1 aliphatic heterocycles. The number of amides is 1. The Morgan fingerprint density at radius 1 is 1.04 bits per heavy atom. The Labute approximate surface area is 143 Å². The normalized spacial score (nSPS) is 14.8. The average molecular weight is 341 g/mol. The van der Waals surface area contributed by atoms with Crippen LogP contribution in [0.4, 0.5) is 5.69 Å². The molecule has 1 aliphatic rings. The number of methoxy groups -OCH3 is 2. The monoisotopic (exact) mass is 341 g/mol. The number of anilines is 1. The lowest BCUT2D eigenvalue weighted by molar-refractivity contribution is -0.112. The van der Waals surface area contributed by atoms with E-state index in [4.69, 9.17) is 9.47 Å². The molecule has 0 unspecified atom stereocenters. The standard InChI is InChI=1S/C18H15NO4S/c1-22-12-5-3-11(4-6-12)15(20)10-17-18(21)19-14-8-7-13(23-2)9-16(14)24-17/h3-10H,1-2H3,(H,19,21). The van der Waals surface area contributed by atoms with Crippen LogP contribution in [0.2, 0.25) is 0 Å². The quantitative estimate of drug-likeness (QED) is 0.681. The third-order valence-corrected chi connectivity index (χ3v) is 4.60. The van der Waals surface area contributed by atoms with Crippen LogP contribution < -0.4 is 14.8 Å². The lowest BCUT2D eigenvalue weighted by Crippen LogP contribution is -2.18. The van der Waals surface area contributed by atoms with Gasteiger partial charge >= 0.3 is 0 Å². The predicted molar refractivity (Wildman–Crippen MR) is 92.9 cm³/mol. The van der Waals surface area contributed by atoms with Crippen molar-refractivity contribution >= 4 is 29.1 Å². The number of thioether (sulfide) groups is 1. The van der Waals surface area contributed by atoms with Crippen LogP contribution in [0.3, 0.4) is 0 Å². The van der Waals surface area contributed by atoms with Gasteiger partial charge in [-0.1, -0.05) is 11.8 Å². The molecule has 0 bridgehead atoms. The number of benzene rings is 2. The molecule has 1 amide bonds. The van der Waals surface area contributed by atoms with Crippen molar-refractivity contribution in [2.75, 3.05) is 19.5 Å². The molecular weight excluding hydrogens is 326 g/mol. The van der Waals surface area contributed by atoms with Crippen molar-refractivity contribution in [1.82, 2.24) is 0 Å². The first-order chi connectivity index (χ1) is 11.6. The second-order valence-electron chi connectivity index (χ2n) is 5.02. The summed E-state index contributed by atoms with van der Waals surface area (Å²) in [6.45, 7) is 0. The molecule has 2 aromatic rings. The summed E-state index contributed by atoms with van der Waals surface area (Å²) in [5.41, 5.74) is 1.20. The van der Waals surface area contributed by atoms with E-state index >= 15 is 0 Å². The van der Waals surface area contributed by atoms with Gasteiger partial charge in [0.15, 0.2) is 5.78 Å². The summed E-state index contributed by atoms with van der Waals surface area (Å²) >= 11 is 1.25. The van der Waals surface area contributed by atoms with E-state index in [1.807, 2.05) is 6.07 Å². The van der Waals surface area contributed by atoms with Crippen LogP contribution in [0.15, 0.2) is 58.3 Å². The van der Waals surface area contributed by atoms with E-state index < -0.39 is 0 Å². The highest BCUT2D eigenvalue weighted by Crippen LogP contribution is 2.40. The Balaban J connectivity index is 1.86. The zero-order valence-corrected chi connectivity index (χ0v) is 14.0. The molecule has 0 aromatic heterocycles. The first-order valence-electron chi connectivity index (χ1n) is 7.18. The lowest BCUT2D eigenvalue weighted by atomic mass is 10.1. The molecular formula is C18H15NO4S. The number of nitrogens with one attached hydrogen (secondary N) is 1. The Bertz CT molecular complexity index is 827. The third kappa shape index (κ3) is 3.28. The van der Waals surface area contributed by atoms with Crippen molar-refractivity contribution in [1.29, 1.82) is 0 Å². The molecule has 0 saturated heterocycles. The molecule has 1 heterocycles. The van der Waals surface area contributed by atoms with Crippen molar-refractivity contribution in [3.8, 4) is 11.5 Å². The number of rotatable bonds is 4. The zero-order chi connectivity index (χ0) is 17.1. The van der Waals surface area contributed by atoms with Gasteiger partial charge in [-0.15, -0.1) is 0 Å². The van der Waals surface area contributed by atoms with Crippen LogP contribution in [-0.2, 0) is 4.79 Å². The molecule has 0 saturated carbocycles. The molecule has 0 spiro atoms. The minimum Gasteiger partial charge on any atom is -0.497 e. The number of ketones is 1. The third-order valence-electron chi connectivity index (χ3n) is 3.52. The topological polar surface area (TPSA) is 64.6 Å². The van der Waals surface area contributed by atoms with Crippen molar-refractivity contribution in [3.05, 3.63) is 59.0 Å². The fourth-order valence-corrected chi connectivity index (χ4v) is 3.17. The highest BCUT2D eigenvalue weighted by Gasteiger charge is 2.22. The van der Waals surface area contributed by atoms with E-state index in [-0.39, 0.29) is 11.7 Å². The summed E-state index contributed by atoms with van der Waals surface area (Å²) in [4.78, 5) is 25.7. The van der Waals surface area contributed by atoms with Gasteiger partial charge in [-0.25, -0.2) is 0 Å². The Kier molecular flexibility index (Phi) is 4.57. The fraction of sp³-hybridized carbons (Fsp3) is 0.111. The fourth-order valence-electron chi connectivity index (χ4n) is 2.22. The molecule has 0 fully saturated rings. The van der Waals surface area contributed by atoms with E-state index in [9.17, 15) is 9.59 Å². The van der Waals surface area contributed by atoms with Crippen LogP contribution in [0, 0.1) is 0 Å². The Morgan fingerprint density at radius 3 is 2.38 bits per heavy atom. The summed E-state index contributed by atoms with van der Waals surface area (Å²) in [5.74, 6) is 0.837. The molecule has 24 heavy (non-hydrogen) atoms. The van der Waals surface area contributed by atoms with Crippen LogP contribution in [0.25, 0.3) is 0 Å². The SMILES string of the molecule is COc1ccc(C(=O)C=C2Sc3cc(OC)ccc3NC2=O)cc1. The molecule has 122 valence electrons.